The Bertz CT molecular complexity index is 1450. The van der Waals surface area contributed by atoms with Gasteiger partial charge in [-0.15, -0.1) is 11.3 Å². The molecule has 4 rings (SSSR count). The number of nitro groups is 1. The maximum Gasteiger partial charge on any atom is 0.355 e. The van der Waals surface area contributed by atoms with Crippen molar-refractivity contribution in [2.75, 3.05) is 0 Å². The molecule has 0 aliphatic rings. The Balaban J connectivity index is 1.30. The zero-order valence-corrected chi connectivity index (χ0v) is 20.3. The third-order valence-electron chi connectivity index (χ3n) is 4.93. The fourth-order valence-corrected chi connectivity index (χ4v) is 4.47. The average Bonchev–Trinajstić information content (AvgIpc) is 3.22. The van der Waals surface area contributed by atoms with Crippen molar-refractivity contribution in [3.63, 3.8) is 0 Å². The topological polar surface area (TPSA) is 120 Å². The van der Waals surface area contributed by atoms with E-state index in [1.54, 1.807) is 24.3 Å². The third-order valence-corrected chi connectivity index (χ3v) is 6.58. The van der Waals surface area contributed by atoms with Gasteiger partial charge in [-0.3, -0.25) is 14.9 Å². The Morgan fingerprint density at radius 1 is 1.06 bits per heavy atom. The van der Waals surface area contributed by atoms with Gasteiger partial charge in [0.05, 0.1) is 16.2 Å². The number of nitrogens with one attached hydrogen (secondary N) is 1. The number of thiophene rings is 1. The molecule has 0 saturated heterocycles. The van der Waals surface area contributed by atoms with E-state index in [0.29, 0.717) is 27.0 Å². The number of esters is 1. The molecular weight excluding hydrogens is 506 g/mol. The Kier molecular flexibility index (Phi) is 7.57. The second kappa shape index (κ2) is 11.0. The van der Waals surface area contributed by atoms with Gasteiger partial charge in [0.1, 0.15) is 16.4 Å². The average molecular weight is 524 g/mol. The van der Waals surface area contributed by atoms with Crippen molar-refractivity contribution in [2.45, 2.75) is 13.0 Å². The zero-order chi connectivity index (χ0) is 25.7. The molecule has 1 aromatic heterocycles. The van der Waals surface area contributed by atoms with Crippen molar-refractivity contribution in [1.82, 2.24) is 5.43 Å². The summed E-state index contributed by atoms with van der Waals surface area (Å²) in [4.78, 5) is 35.3. The van der Waals surface area contributed by atoms with Gasteiger partial charge in [0, 0.05) is 22.2 Å². The predicted octanol–water partition coefficient (Wildman–Crippen LogP) is 5.60. The number of hydrogen-bond donors (Lipinski definition) is 1. The Morgan fingerprint density at radius 2 is 1.72 bits per heavy atom. The summed E-state index contributed by atoms with van der Waals surface area (Å²) in [6.45, 7) is 1.53. The molecule has 0 radical (unpaired) electrons. The van der Waals surface area contributed by atoms with Crippen molar-refractivity contribution < 1.29 is 24.0 Å². The summed E-state index contributed by atoms with van der Waals surface area (Å²) in [6, 6.07) is 19.4. The summed E-state index contributed by atoms with van der Waals surface area (Å²) in [6.07, 6.45) is 0.538. The number of benzene rings is 3. The predicted molar refractivity (Wildman–Crippen MR) is 137 cm³/mol. The van der Waals surface area contributed by atoms with E-state index in [1.165, 1.54) is 48.7 Å². The molecule has 1 atom stereocenters. The molecule has 1 unspecified atom stereocenters. The molecule has 0 bridgehead atoms. The van der Waals surface area contributed by atoms with E-state index >= 15 is 0 Å². The lowest BCUT2D eigenvalue weighted by Gasteiger charge is -2.12. The van der Waals surface area contributed by atoms with Crippen molar-refractivity contribution in [3.05, 3.63) is 98.4 Å². The zero-order valence-electron chi connectivity index (χ0n) is 18.7. The van der Waals surface area contributed by atoms with Crippen LogP contribution in [0.15, 0.2) is 77.9 Å². The summed E-state index contributed by atoms with van der Waals surface area (Å²) < 4.78 is 11.8. The van der Waals surface area contributed by atoms with Crippen LogP contribution in [0, 0.1) is 10.1 Å². The molecule has 1 N–H and O–H groups in total. The molecule has 1 amide bonds. The van der Waals surface area contributed by atoms with Gasteiger partial charge in [-0.1, -0.05) is 29.8 Å². The van der Waals surface area contributed by atoms with Crippen LogP contribution >= 0.6 is 22.9 Å². The molecule has 4 aromatic rings. The first-order valence-electron chi connectivity index (χ1n) is 10.5. The van der Waals surface area contributed by atoms with Gasteiger partial charge in [0.2, 0.25) is 0 Å². The molecule has 0 aliphatic carbocycles. The molecule has 1 heterocycles. The van der Waals surface area contributed by atoms with Crippen molar-refractivity contribution >= 4 is 56.8 Å². The molecule has 36 heavy (non-hydrogen) atoms. The highest BCUT2D eigenvalue weighted by Crippen LogP contribution is 2.35. The maximum absolute atomic E-state index is 12.6. The number of hydrazone groups is 1. The highest BCUT2D eigenvalue weighted by atomic mass is 35.5. The molecule has 182 valence electrons. The van der Waals surface area contributed by atoms with Gasteiger partial charge >= 0.3 is 5.97 Å². The fraction of sp³-hybridized carbons (Fsp3) is 0.0800. The largest absolute Gasteiger partial charge is 0.481 e. The normalized spacial score (nSPS) is 11.8. The molecule has 0 spiro atoms. The van der Waals surface area contributed by atoms with E-state index < -0.39 is 22.9 Å². The molecule has 0 aliphatic heterocycles. The number of nitrogens with zero attached hydrogens (tertiary/aromatic N) is 2. The van der Waals surface area contributed by atoms with Gasteiger partial charge in [0.15, 0.2) is 6.10 Å². The van der Waals surface area contributed by atoms with Gasteiger partial charge in [-0.25, -0.2) is 10.2 Å². The Morgan fingerprint density at radius 3 is 2.39 bits per heavy atom. The van der Waals surface area contributed by atoms with Gasteiger partial charge in [-0.05, 0) is 55.0 Å². The van der Waals surface area contributed by atoms with Crippen LogP contribution in [0.5, 0.6) is 11.5 Å². The molecule has 0 saturated carbocycles. The number of carbonyl (C=O) groups excluding carboxylic acids is 2. The van der Waals surface area contributed by atoms with Crippen LogP contribution in [0.2, 0.25) is 5.02 Å². The lowest BCUT2D eigenvalue weighted by Crippen LogP contribution is -2.33. The van der Waals surface area contributed by atoms with Crippen LogP contribution in [0.4, 0.5) is 5.69 Å². The van der Waals surface area contributed by atoms with E-state index in [1.807, 2.05) is 24.3 Å². The molecular formula is C25H18ClN3O6S. The van der Waals surface area contributed by atoms with Crippen LogP contribution in [0.1, 0.15) is 22.2 Å². The highest BCUT2D eigenvalue weighted by molar-refractivity contribution is 7.21. The number of carbonyl (C=O) groups is 2. The first-order chi connectivity index (χ1) is 17.3. The number of fused-ring (bicyclic) bond motifs is 1. The fourth-order valence-electron chi connectivity index (χ4n) is 3.09. The summed E-state index contributed by atoms with van der Waals surface area (Å²) in [5.74, 6) is -0.401. The lowest BCUT2D eigenvalue weighted by atomic mass is 10.2. The number of halogens is 1. The van der Waals surface area contributed by atoms with E-state index in [-0.39, 0.29) is 5.69 Å². The Labute approximate surface area is 214 Å². The van der Waals surface area contributed by atoms with Gasteiger partial charge in [-0.2, -0.15) is 5.10 Å². The second-order valence-corrected chi connectivity index (χ2v) is 8.88. The number of ether oxygens (including phenoxy) is 2. The number of nitro benzene ring substituents is 1. The first kappa shape index (κ1) is 24.8. The number of hydrogen-bond acceptors (Lipinski definition) is 8. The SMILES string of the molecule is CC(Oc1ccc([N+](=O)[O-])cc1)C(=O)N/N=C/c1ccc(OC(=O)c2sc3ccccc3c2Cl)cc1. The quantitative estimate of drug-likeness (QED) is 0.105. The third kappa shape index (κ3) is 5.85. The Hall–Kier alpha value is -4.28. The van der Waals surface area contributed by atoms with Gasteiger partial charge < -0.3 is 9.47 Å². The van der Waals surface area contributed by atoms with Crippen LogP contribution in [0.25, 0.3) is 10.1 Å². The maximum atomic E-state index is 12.6. The molecule has 11 heteroatoms. The van der Waals surface area contributed by atoms with Crippen LogP contribution in [-0.4, -0.2) is 29.1 Å². The van der Waals surface area contributed by atoms with Gasteiger partial charge in [0.25, 0.3) is 11.6 Å². The van der Waals surface area contributed by atoms with E-state index in [2.05, 4.69) is 10.5 Å². The summed E-state index contributed by atoms with van der Waals surface area (Å²) in [5.41, 5.74) is 2.94. The lowest BCUT2D eigenvalue weighted by molar-refractivity contribution is -0.384. The highest BCUT2D eigenvalue weighted by Gasteiger charge is 2.19. The minimum Gasteiger partial charge on any atom is -0.481 e. The molecule has 0 fully saturated rings. The first-order valence-corrected chi connectivity index (χ1v) is 11.7. The summed E-state index contributed by atoms with van der Waals surface area (Å²) >= 11 is 7.60. The monoisotopic (exact) mass is 523 g/mol. The molecule has 9 nitrogen and oxygen atoms in total. The van der Waals surface area contributed by atoms with Crippen molar-refractivity contribution in [2.24, 2.45) is 5.10 Å². The minimum absolute atomic E-state index is 0.0753. The van der Waals surface area contributed by atoms with Crippen LogP contribution < -0.4 is 14.9 Å². The number of non-ortho nitro benzene ring substituents is 1. The second-order valence-electron chi connectivity index (χ2n) is 7.45. The molecule has 3 aromatic carbocycles. The van der Waals surface area contributed by atoms with E-state index in [4.69, 9.17) is 21.1 Å². The van der Waals surface area contributed by atoms with Crippen molar-refractivity contribution in [3.8, 4) is 11.5 Å². The van der Waals surface area contributed by atoms with Crippen LogP contribution in [-0.2, 0) is 4.79 Å². The summed E-state index contributed by atoms with van der Waals surface area (Å²) in [7, 11) is 0. The van der Waals surface area contributed by atoms with E-state index in [0.717, 1.165) is 10.1 Å². The number of rotatable bonds is 8. The smallest absolute Gasteiger partial charge is 0.355 e. The van der Waals surface area contributed by atoms with E-state index in [9.17, 15) is 19.7 Å². The standard InChI is InChI=1S/C25H18ClN3O6S/c1-15(34-18-12-8-17(9-13-18)29(32)33)24(30)28-27-14-16-6-10-19(11-7-16)35-25(31)23-22(26)20-4-2-3-5-21(20)36-23/h2-15H,1H3,(H,28,30)/b27-14+. The summed E-state index contributed by atoms with van der Waals surface area (Å²) in [5, 5.41) is 15.8. The van der Waals surface area contributed by atoms with Crippen molar-refractivity contribution in [1.29, 1.82) is 0 Å². The minimum atomic E-state index is -0.883. The van der Waals surface area contributed by atoms with Crippen LogP contribution in [0.3, 0.4) is 0 Å². The number of amides is 1.